The molecule has 0 N–H and O–H groups in total. The number of para-hydroxylation sites is 2. The molecule has 0 saturated carbocycles. The highest BCUT2D eigenvalue weighted by atomic mass is 127. The predicted molar refractivity (Wildman–Crippen MR) is 53.8 cm³/mol. The normalized spacial score (nSPS) is 11.6. The molecule has 2 aromatic rings. The first-order valence-corrected chi connectivity index (χ1v) is 5.01. The fraction of sp³-hybridized carbons (Fsp3) is 0.364. The average molecular weight is 356 g/mol. The Morgan fingerprint density at radius 3 is 2.35 bits per heavy atom. The predicted octanol–water partition coefficient (Wildman–Crippen LogP) is -0.491. The summed E-state index contributed by atoms with van der Waals surface area (Å²) in [5, 5.41) is 0. The number of hydrogen-bond donors (Lipinski definition) is 0. The second-order valence-electron chi connectivity index (χ2n) is 3.61. The highest BCUT2D eigenvalue weighted by molar-refractivity contribution is 5.72. The standard InChI is InChI=1S/C11H12F3N2.HI/c1-3-16-9-7-5-4-6-8(9)15(2)10(16)11(12,13)14;/h4-7H,3H2,1-2H3;1H/q+1;/p-1. The summed E-state index contributed by atoms with van der Waals surface area (Å²) in [6.45, 7) is 2.01. The van der Waals surface area contributed by atoms with Gasteiger partial charge in [-0.3, -0.25) is 0 Å². The molecule has 1 heterocycles. The molecule has 0 aliphatic rings. The van der Waals surface area contributed by atoms with E-state index >= 15 is 0 Å². The van der Waals surface area contributed by atoms with Crippen molar-refractivity contribution in [3.8, 4) is 0 Å². The molecule has 0 spiro atoms. The van der Waals surface area contributed by atoms with Crippen molar-refractivity contribution in [3.63, 3.8) is 0 Å². The number of aromatic nitrogens is 2. The lowest BCUT2D eigenvalue weighted by Crippen LogP contribution is -3.00. The molecule has 0 fully saturated rings. The first-order valence-electron chi connectivity index (χ1n) is 5.01. The smallest absolute Gasteiger partial charge is 0.495 e. The van der Waals surface area contributed by atoms with E-state index in [1.807, 2.05) is 0 Å². The van der Waals surface area contributed by atoms with E-state index < -0.39 is 12.0 Å². The van der Waals surface area contributed by atoms with Crippen molar-refractivity contribution in [2.45, 2.75) is 19.6 Å². The van der Waals surface area contributed by atoms with Gasteiger partial charge in [-0.05, 0) is 19.1 Å². The lowest BCUT2D eigenvalue weighted by atomic mass is 10.3. The van der Waals surface area contributed by atoms with Crippen molar-refractivity contribution < 1.29 is 41.7 Å². The summed E-state index contributed by atoms with van der Waals surface area (Å²) in [6.07, 6.45) is -4.33. The molecule has 2 rings (SSSR count). The second kappa shape index (κ2) is 4.83. The zero-order valence-corrected chi connectivity index (χ0v) is 11.6. The van der Waals surface area contributed by atoms with Gasteiger partial charge >= 0.3 is 12.0 Å². The second-order valence-corrected chi connectivity index (χ2v) is 3.61. The number of hydrogen-bond acceptors (Lipinski definition) is 0. The van der Waals surface area contributed by atoms with Crippen LogP contribution in [0.25, 0.3) is 11.0 Å². The van der Waals surface area contributed by atoms with Crippen molar-refractivity contribution >= 4 is 11.0 Å². The zero-order valence-electron chi connectivity index (χ0n) is 9.42. The summed E-state index contributed by atoms with van der Waals surface area (Å²) in [6, 6.07) is 6.88. The molecule has 2 nitrogen and oxygen atoms in total. The van der Waals surface area contributed by atoms with Crippen molar-refractivity contribution in [2.24, 2.45) is 7.05 Å². The van der Waals surface area contributed by atoms with Gasteiger partial charge in [-0.15, -0.1) is 0 Å². The Labute approximate surface area is 114 Å². The maximum Gasteiger partial charge on any atom is 0.495 e. The minimum absolute atomic E-state index is 0. The van der Waals surface area contributed by atoms with Gasteiger partial charge < -0.3 is 24.0 Å². The van der Waals surface area contributed by atoms with Crippen molar-refractivity contribution in [1.82, 2.24) is 4.57 Å². The highest BCUT2D eigenvalue weighted by Crippen LogP contribution is 2.29. The Morgan fingerprint density at radius 1 is 1.24 bits per heavy atom. The molecule has 0 aliphatic heterocycles. The van der Waals surface area contributed by atoms with Gasteiger partial charge in [0.1, 0.15) is 0 Å². The van der Waals surface area contributed by atoms with E-state index in [2.05, 4.69) is 0 Å². The van der Waals surface area contributed by atoms with E-state index in [1.165, 1.54) is 16.2 Å². The fourth-order valence-electron chi connectivity index (χ4n) is 2.05. The molecule has 0 atom stereocenters. The van der Waals surface area contributed by atoms with E-state index in [1.54, 1.807) is 31.2 Å². The lowest BCUT2D eigenvalue weighted by molar-refractivity contribution is -0.667. The van der Waals surface area contributed by atoms with Crippen LogP contribution in [0.5, 0.6) is 0 Å². The van der Waals surface area contributed by atoms with Crippen LogP contribution in [-0.4, -0.2) is 4.57 Å². The van der Waals surface area contributed by atoms with Crippen LogP contribution in [0.4, 0.5) is 13.2 Å². The molecular formula is C11H12F3IN2. The van der Waals surface area contributed by atoms with Gasteiger partial charge in [0, 0.05) is 0 Å². The van der Waals surface area contributed by atoms with E-state index in [0.717, 1.165) is 0 Å². The molecule has 1 aromatic carbocycles. The van der Waals surface area contributed by atoms with E-state index in [0.29, 0.717) is 17.6 Å². The monoisotopic (exact) mass is 356 g/mol. The quantitative estimate of drug-likeness (QED) is 0.482. The molecule has 94 valence electrons. The SMILES string of the molecule is CCn1c(C(F)(F)F)[n+](C)c2ccccc21.[I-]. The molecule has 17 heavy (non-hydrogen) atoms. The Hall–Kier alpha value is -0.790. The van der Waals surface area contributed by atoms with Gasteiger partial charge in [-0.1, -0.05) is 12.1 Å². The van der Waals surface area contributed by atoms with Gasteiger partial charge in [0.25, 0.3) is 0 Å². The highest BCUT2D eigenvalue weighted by Gasteiger charge is 2.45. The van der Waals surface area contributed by atoms with Crippen molar-refractivity contribution in [1.29, 1.82) is 0 Å². The van der Waals surface area contributed by atoms with Crippen molar-refractivity contribution in [3.05, 3.63) is 30.1 Å². The van der Waals surface area contributed by atoms with Crippen LogP contribution in [0.15, 0.2) is 24.3 Å². The Morgan fingerprint density at radius 2 is 1.82 bits per heavy atom. The molecule has 1 aromatic heterocycles. The topological polar surface area (TPSA) is 8.81 Å². The number of alkyl halides is 3. The first kappa shape index (κ1) is 14.3. The van der Waals surface area contributed by atoms with Crippen LogP contribution < -0.4 is 28.5 Å². The number of imidazole rings is 1. The molecule has 0 saturated heterocycles. The summed E-state index contributed by atoms with van der Waals surface area (Å²) in [7, 11) is 1.44. The maximum absolute atomic E-state index is 12.9. The molecule has 6 heteroatoms. The van der Waals surface area contributed by atoms with Gasteiger partial charge in [0.15, 0.2) is 11.0 Å². The van der Waals surface area contributed by atoms with Gasteiger partial charge in [0.05, 0.1) is 13.6 Å². The summed E-state index contributed by atoms with van der Waals surface area (Å²) in [5.74, 6) is -0.615. The molecular weight excluding hydrogens is 344 g/mol. The minimum Gasteiger partial charge on any atom is -1.00 e. The maximum atomic E-state index is 12.9. The molecule has 0 unspecified atom stereocenters. The third-order valence-electron chi connectivity index (χ3n) is 2.68. The van der Waals surface area contributed by atoms with Crippen LogP contribution in [0.3, 0.4) is 0 Å². The van der Waals surface area contributed by atoms with Gasteiger partial charge in [0.2, 0.25) is 0 Å². The Balaban J connectivity index is 0.00000144. The van der Waals surface area contributed by atoms with Crippen LogP contribution in [0.1, 0.15) is 12.7 Å². The molecule has 0 amide bonds. The molecule has 0 bridgehead atoms. The van der Waals surface area contributed by atoms with Crippen LogP contribution in [0, 0.1) is 0 Å². The average Bonchev–Trinajstić information content (AvgIpc) is 2.51. The fourth-order valence-corrected chi connectivity index (χ4v) is 2.05. The number of benzene rings is 1. The van der Waals surface area contributed by atoms with Crippen LogP contribution >= 0.6 is 0 Å². The molecule has 0 radical (unpaired) electrons. The van der Waals surface area contributed by atoms with Crippen molar-refractivity contribution in [2.75, 3.05) is 0 Å². The summed E-state index contributed by atoms with van der Waals surface area (Å²) >= 11 is 0. The molecule has 0 aliphatic carbocycles. The zero-order chi connectivity index (χ0) is 11.9. The largest absolute Gasteiger partial charge is 1.00 e. The third kappa shape index (κ3) is 2.27. The van der Waals surface area contributed by atoms with Crippen LogP contribution in [0.2, 0.25) is 0 Å². The first-order chi connectivity index (χ1) is 7.46. The van der Waals surface area contributed by atoms with E-state index in [4.69, 9.17) is 0 Å². The Kier molecular flexibility index (Phi) is 4.06. The number of rotatable bonds is 1. The summed E-state index contributed by atoms with van der Waals surface area (Å²) < 4.78 is 41.2. The Bertz CT molecular complexity index is 531. The van der Waals surface area contributed by atoms with E-state index in [9.17, 15) is 13.2 Å². The minimum atomic E-state index is -4.33. The number of aryl methyl sites for hydroxylation is 2. The summed E-state index contributed by atoms with van der Waals surface area (Å²) in [4.78, 5) is 0. The summed E-state index contributed by atoms with van der Waals surface area (Å²) in [5.41, 5.74) is 1.21. The lowest BCUT2D eigenvalue weighted by Gasteiger charge is -2.03. The number of halogens is 4. The van der Waals surface area contributed by atoms with Crippen LogP contribution in [-0.2, 0) is 19.8 Å². The van der Waals surface area contributed by atoms with E-state index in [-0.39, 0.29) is 24.0 Å². The number of nitrogens with zero attached hydrogens (tertiary/aromatic N) is 2. The third-order valence-corrected chi connectivity index (χ3v) is 2.68. The number of fused-ring (bicyclic) bond motifs is 1. The van der Waals surface area contributed by atoms with Gasteiger partial charge in [-0.25, -0.2) is 9.13 Å². The van der Waals surface area contributed by atoms with Gasteiger partial charge in [-0.2, -0.15) is 13.2 Å².